The molecule has 0 aromatic heterocycles. The molecule has 3 aromatic rings. The highest BCUT2D eigenvalue weighted by atomic mass is 16.6. The fourth-order valence-electron chi connectivity index (χ4n) is 3.73. The Balaban J connectivity index is 2.19. The first-order chi connectivity index (χ1) is 15.2. The van der Waals surface area contributed by atoms with E-state index in [0.29, 0.717) is 5.56 Å². The largest absolute Gasteiger partial charge is 0.545 e. The van der Waals surface area contributed by atoms with Crippen molar-refractivity contribution in [3.05, 3.63) is 107 Å². The number of fused-ring (bicyclic) bond motifs is 3. The lowest BCUT2D eigenvalue weighted by molar-refractivity contribution is -0.393. The molecule has 0 heterocycles. The van der Waals surface area contributed by atoms with Gasteiger partial charge >= 0.3 is 0 Å². The number of aromatic carboxylic acids is 1. The van der Waals surface area contributed by atoms with Crippen LogP contribution in [0.5, 0.6) is 0 Å². The van der Waals surface area contributed by atoms with E-state index in [-0.39, 0.29) is 27.8 Å². The Morgan fingerprint density at radius 1 is 0.750 bits per heavy atom. The first-order valence-electron chi connectivity index (χ1n) is 8.97. The number of nitro groups is 3. The minimum absolute atomic E-state index is 0.0211. The van der Waals surface area contributed by atoms with Crippen LogP contribution in [-0.4, -0.2) is 20.7 Å². The molecule has 3 aromatic carbocycles. The van der Waals surface area contributed by atoms with E-state index in [0.717, 1.165) is 24.3 Å². The number of carbonyl (C=O) groups excluding carboxylic acids is 1. The number of nitro benzene ring substituents is 3. The fraction of sp³-hybridized carbons (Fsp3) is 0. The standard InChI is InChI=1S/C21H11N3O8/c25-21(26)17-9-12(22(27)28)7-15-14(6-11-4-2-1-3-5-11)16-8-13(23(29)30)10-18(24(31)32)20(16)19(15)17/h1-10H,(H,25,26)/p-1/b14-6+. The van der Waals surface area contributed by atoms with E-state index in [1.807, 2.05) is 0 Å². The monoisotopic (exact) mass is 432 g/mol. The summed E-state index contributed by atoms with van der Waals surface area (Å²) in [6.07, 6.45) is 1.53. The summed E-state index contributed by atoms with van der Waals surface area (Å²) >= 11 is 0. The van der Waals surface area contributed by atoms with Crippen LogP contribution < -0.4 is 5.11 Å². The summed E-state index contributed by atoms with van der Waals surface area (Å²) < 4.78 is 0. The number of rotatable bonds is 5. The van der Waals surface area contributed by atoms with Gasteiger partial charge in [0, 0.05) is 34.9 Å². The molecular formula is C21H10N3O8-. The van der Waals surface area contributed by atoms with Crippen LogP contribution in [0.3, 0.4) is 0 Å². The average Bonchev–Trinajstić information content (AvgIpc) is 3.06. The Kier molecular flexibility index (Phi) is 4.70. The van der Waals surface area contributed by atoms with Crippen LogP contribution in [0.4, 0.5) is 17.1 Å². The van der Waals surface area contributed by atoms with Gasteiger partial charge in [0.15, 0.2) is 0 Å². The van der Waals surface area contributed by atoms with E-state index in [1.165, 1.54) is 6.08 Å². The van der Waals surface area contributed by atoms with Crippen LogP contribution in [-0.2, 0) is 0 Å². The van der Waals surface area contributed by atoms with Crippen LogP contribution in [0, 0.1) is 30.3 Å². The quantitative estimate of drug-likeness (QED) is 0.341. The highest BCUT2D eigenvalue weighted by Gasteiger charge is 2.37. The SMILES string of the molecule is O=C([O-])c1cc([N+](=O)[O-])cc2c1-c1c(cc([N+](=O)[O-])cc1[N+](=O)[O-])/C2=C/c1ccccc1. The highest BCUT2D eigenvalue weighted by molar-refractivity contribution is 6.14. The van der Waals surface area contributed by atoms with E-state index < -0.39 is 43.4 Å². The Bertz CT molecular complexity index is 1300. The molecule has 0 radical (unpaired) electrons. The van der Waals surface area contributed by atoms with Crippen LogP contribution >= 0.6 is 0 Å². The smallest absolute Gasteiger partial charge is 0.284 e. The van der Waals surface area contributed by atoms with Crippen molar-refractivity contribution in [2.45, 2.75) is 0 Å². The maximum atomic E-state index is 11.8. The van der Waals surface area contributed by atoms with Gasteiger partial charge in [0.05, 0.1) is 32.4 Å². The third-order valence-electron chi connectivity index (χ3n) is 5.00. The summed E-state index contributed by atoms with van der Waals surface area (Å²) in [5.74, 6) is -1.77. The lowest BCUT2D eigenvalue weighted by Gasteiger charge is -2.10. The molecule has 32 heavy (non-hydrogen) atoms. The van der Waals surface area contributed by atoms with Gasteiger partial charge in [-0.15, -0.1) is 0 Å². The number of non-ortho nitro benzene ring substituents is 2. The first kappa shape index (κ1) is 20.3. The third-order valence-corrected chi connectivity index (χ3v) is 5.00. The Hall–Kier alpha value is -4.93. The molecule has 0 unspecified atom stereocenters. The summed E-state index contributed by atoms with van der Waals surface area (Å²) in [6, 6.07) is 12.2. The molecule has 0 saturated carbocycles. The fourth-order valence-corrected chi connectivity index (χ4v) is 3.73. The molecule has 0 fully saturated rings. The van der Waals surface area contributed by atoms with E-state index >= 15 is 0 Å². The number of benzene rings is 3. The molecule has 11 heteroatoms. The Morgan fingerprint density at radius 2 is 1.31 bits per heavy atom. The van der Waals surface area contributed by atoms with E-state index in [2.05, 4.69) is 0 Å². The second-order valence-electron chi connectivity index (χ2n) is 6.83. The van der Waals surface area contributed by atoms with Crippen molar-refractivity contribution in [3.63, 3.8) is 0 Å². The molecule has 158 valence electrons. The van der Waals surface area contributed by atoms with Gasteiger partial charge in [-0.1, -0.05) is 30.3 Å². The minimum Gasteiger partial charge on any atom is -0.545 e. The van der Waals surface area contributed by atoms with Crippen LogP contribution in [0.15, 0.2) is 54.6 Å². The van der Waals surface area contributed by atoms with Gasteiger partial charge in [-0.3, -0.25) is 30.3 Å². The van der Waals surface area contributed by atoms with Crippen molar-refractivity contribution >= 4 is 34.7 Å². The van der Waals surface area contributed by atoms with Gasteiger partial charge < -0.3 is 9.90 Å². The maximum Gasteiger partial charge on any atom is 0.284 e. The van der Waals surface area contributed by atoms with Gasteiger partial charge in [0.1, 0.15) is 0 Å². The summed E-state index contributed by atoms with van der Waals surface area (Å²) in [5, 5.41) is 46.4. The van der Waals surface area contributed by atoms with Crippen LogP contribution in [0.2, 0.25) is 0 Å². The first-order valence-corrected chi connectivity index (χ1v) is 8.97. The second kappa shape index (κ2) is 7.40. The Morgan fingerprint density at radius 3 is 1.84 bits per heavy atom. The number of carbonyl (C=O) groups is 1. The zero-order chi connectivity index (χ0) is 23.2. The summed E-state index contributed by atoms with van der Waals surface area (Å²) in [6.45, 7) is 0. The number of carboxylic acids is 1. The second-order valence-corrected chi connectivity index (χ2v) is 6.83. The topological polar surface area (TPSA) is 170 Å². The van der Waals surface area contributed by atoms with Gasteiger partial charge in [-0.25, -0.2) is 0 Å². The normalized spacial score (nSPS) is 12.8. The number of hydrogen-bond acceptors (Lipinski definition) is 8. The van der Waals surface area contributed by atoms with Crippen molar-refractivity contribution in [2.24, 2.45) is 0 Å². The van der Waals surface area contributed by atoms with Gasteiger partial charge in [0.2, 0.25) is 0 Å². The zero-order valence-corrected chi connectivity index (χ0v) is 15.9. The third kappa shape index (κ3) is 3.23. The van der Waals surface area contributed by atoms with Crippen LogP contribution in [0.25, 0.3) is 22.8 Å². The summed E-state index contributed by atoms with van der Waals surface area (Å²) in [5.41, 5.74) is -1.96. The lowest BCUT2D eigenvalue weighted by Crippen LogP contribution is -2.23. The summed E-state index contributed by atoms with van der Waals surface area (Å²) in [7, 11) is 0. The molecule has 1 aliphatic carbocycles. The number of hydrogen-bond donors (Lipinski definition) is 0. The minimum atomic E-state index is -1.77. The highest BCUT2D eigenvalue weighted by Crippen LogP contribution is 2.52. The average molecular weight is 432 g/mol. The predicted octanol–water partition coefficient (Wildman–Crippen LogP) is 3.34. The molecule has 0 saturated heterocycles. The molecule has 0 amide bonds. The van der Waals surface area contributed by atoms with Crippen molar-refractivity contribution in [1.29, 1.82) is 0 Å². The molecule has 0 spiro atoms. The molecule has 0 atom stereocenters. The molecule has 0 bridgehead atoms. The van der Waals surface area contributed by atoms with Crippen molar-refractivity contribution < 1.29 is 24.7 Å². The van der Waals surface area contributed by atoms with Crippen molar-refractivity contribution in [1.82, 2.24) is 0 Å². The van der Waals surface area contributed by atoms with E-state index in [4.69, 9.17) is 0 Å². The van der Waals surface area contributed by atoms with Crippen molar-refractivity contribution in [3.8, 4) is 11.1 Å². The van der Waals surface area contributed by atoms with E-state index in [9.17, 15) is 40.2 Å². The molecule has 1 aliphatic rings. The number of carboxylic acid groups (broad SMARTS) is 1. The van der Waals surface area contributed by atoms with Gasteiger partial charge in [-0.2, -0.15) is 0 Å². The Labute approximate surface area is 178 Å². The lowest BCUT2D eigenvalue weighted by atomic mass is 9.96. The molecule has 4 rings (SSSR count). The van der Waals surface area contributed by atoms with Crippen molar-refractivity contribution in [2.75, 3.05) is 0 Å². The molecule has 11 nitrogen and oxygen atoms in total. The number of nitrogens with zero attached hydrogens (tertiary/aromatic N) is 3. The molecular weight excluding hydrogens is 422 g/mol. The summed E-state index contributed by atoms with van der Waals surface area (Å²) in [4.78, 5) is 43.9. The predicted molar refractivity (Wildman–Crippen MR) is 110 cm³/mol. The van der Waals surface area contributed by atoms with Crippen LogP contribution in [0.1, 0.15) is 27.0 Å². The molecule has 0 N–H and O–H groups in total. The maximum absolute atomic E-state index is 11.8. The van der Waals surface area contributed by atoms with Gasteiger partial charge in [-0.05, 0) is 22.8 Å². The van der Waals surface area contributed by atoms with E-state index in [1.54, 1.807) is 30.3 Å². The van der Waals surface area contributed by atoms with Gasteiger partial charge in [0.25, 0.3) is 17.1 Å². The zero-order valence-electron chi connectivity index (χ0n) is 15.9. The molecule has 0 aliphatic heterocycles.